The molecule has 1 unspecified atom stereocenters. The predicted octanol–water partition coefficient (Wildman–Crippen LogP) is 1.46. The van der Waals surface area contributed by atoms with Gasteiger partial charge in [0, 0.05) is 16.6 Å². The summed E-state index contributed by atoms with van der Waals surface area (Å²) in [5, 5.41) is 12.2. The number of rotatable bonds is 4. The van der Waals surface area contributed by atoms with E-state index in [2.05, 4.69) is 15.4 Å². The summed E-state index contributed by atoms with van der Waals surface area (Å²) >= 11 is 5.93. The first kappa shape index (κ1) is 12.8. The van der Waals surface area contributed by atoms with Gasteiger partial charge < -0.3 is 10.5 Å². The Labute approximate surface area is 110 Å². The standard InChI is InChI=1S/C11H14ClN5O/c1-7(13)9-5-8(12)3-4-10(9)18-6-11-14-16-17(2)15-11/h3-5,7H,6,13H2,1-2H3. The number of aromatic nitrogens is 4. The zero-order valence-corrected chi connectivity index (χ0v) is 10.9. The maximum atomic E-state index is 5.93. The quantitative estimate of drug-likeness (QED) is 0.907. The van der Waals surface area contributed by atoms with Crippen molar-refractivity contribution in [2.45, 2.75) is 19.6 Å². The van der Waals surface area contributed by atoms with Gasteiger partial charge in [-0.15, -0.1) is 10.2 Å². The molecule has 0 aliphatic heterocycles. The molecule has 0 radical (unpaired) electrons. The summed E-state index contributed by atoms with van der Waals surface area (Å²) in [4.78, 5) is 1.38. The SMILES string of the molecule is CC(N)c1cc(Cl)ccc1OCc1nnn(C)n1. The van der Waals surface area contributed by atoms with Crippen LogP contribution in [-0.2, 0) is 13.7 Å². The fraction of sp³-hybridized carbons (Fsp3) is 0.364. The number of aryl methyl sites for hydroxylation is 1. The Balaban J connectivity index is 2.13. The molecule has 1 atom stereocenters. The molecule has 0 spiro atoms. The Bertz CT molecular complexity index is 540. The van der Waals surface area contributed by atoms with Crippen molar-refractivity contribution in [3.05, 3.63) is 34.6 Å². The van der Waals surface area contributed by atoms with E-state index in [-0.39, 0.29) is 12.6 Å². The first-order valence-electron chi connectivity index (χ1n) is 5.47. The molecule has 0 fully saturated rings. The van der Waals surface area contributed by atoms with E-state index in [1.807, 2.05) is 6.92 Å². The van der Waals surface area contributed by atoms with E-state index in [1.54, 1.807) is 25.2 Å². The molecule has 1 aromatic heterocycles. The summed E-state index contributed by atoms with van der Waals surface area (Å²) in [7, 11) is 1.70. The number of hydrogen-bond donors (Lipinski definition) is 1. The summed E-state index contributed by atoms with van der Waals surface area (Å²) in [5.74, 6) is 1.20. The molecule has 96 valence electrons. The molecule has 0 aliphatic carbocycles. The molecule has 1 heterocycles. The Hall–Kier alpha value is -1.66. The highest BCUT2D eigenvalue weighted by Crippen LogP contribution is 2.27. The van der Waals surface area contributed by atoms with E-state index >= 15 is 0 Å². The number of nitrogens with zero attached hydrogens (tertiary/aromatic N) is 4. The van der Waals surface area contributed by atoms with Crippen molar-refractivity contribution in [3.8, 4) is 5.75 Å². The lowest BCUT2D eigenvalue weighted by Crippen LogP contribution is -2.08. The van der Waals surface area contributed by atoms with Crippen molar-refractivity contribution in [1.82, 2.24) is 20.2 Å². The molecule has 0 amide bonds. The van der Waals surface area contributed by atoms with Crippen LogP contribution in [0, 0.1) is 0 Å². The molecular formula is C11H14ClN5O. The number of nitrogens with two attached hydrogens (primary N) is 1. The molecule has 0 saturated carbocycles. The monoisotopic (exact) mass is 267 g/mol. The van der Waals surface area contributed by atoms with Gasteiger partial charge in [-0.2, -0.15) is 4.80 Å². The van der Waals surface area contributed by atoms with Crippen molar-refractivity contribution < 1.29 is 4.74 Å². The molecule has 18 heavy (non-hydrogen) atoms. The lowest BCUT2D eigenvalue weighted by Gasteiger charge is -2.13. The molecule has 6 nitrogen and oxygen atoms in total. The lowest BCUT2D eigenvalue weighted by atomic mass is 10.1. The van der Waals surface area contributed by atoms with Gasteiger partial charge in [-0.25, -0.2) is 0 Å². The van der Waals surface area contributed by atoms with E-state index in [1.165, 1.54) is 4.80 Å². The van der Waals surface area contributed by atoms with Gasteiger partial charge in [-0.1, -0.05) is 11.6 Å². The van der Waals surface area contributed by atoms with Crippen LogP contribution in [0.2, 0.25) is 5.02 Å². The highest BCUT2D eigenvalue weighted by Gasteiger charge is 2.10. The molecule has 0 bridgehead atoms. The fourth-order valence-corrected chi connectivity index (χ4v) is 1.71. The van der Waals surface area contributed by atoms with E-state index in [9.17, 15) is 0 Å². The second-order valence-corrected chi connectivity index (χ2v) is 4.39. The largest absolute Gasteiger partial charge is 0.485 e. The normalized spacial score (nSPS) is 12.4. The first-order chi connectivity index (χ1) is 8.56. The summed E-state index contributed by atoms with van der Waals surface area (Å²) in [6.45, 7) is 2.12. The molecule has 2 aromatic rings. The number of tetrazole rings is 1. The van der Waals surface area contributed by atoms with Crippen LogP contribution in [0.15, 0.2) is 18.2 Å². The summed E-state index contributed by atoms with van der Waals surface area (Å²) in [6, 6.07) is 5.18. The maximum absolute atomic E-state index is 5.93. The van der Waals surface area contributed by atoms with Gasteiger partial charge in [-0.05, 0) is 30.3 Å². The average molecular weight is 268 g/mol. The molecule has 2 N–H and O–H groups in total. The van der Waals surface area contributed by atoms with E-state index in [0.29, 0.717) is 16.6 Å². The molecule has 2 rings (SSSR count). The average Bonchev–Trinajstić information content (AvgIpc) is 2.73. The van der Waals surface area contributed by atoms with Gasteiger partial charge in [0.05, 0.1) is 7.05 Å². The van der Waals surface area contributed by atoms with E-state index < -0.39 is 0 Å². The summed E-state index contributed by atoms with van der Waals surface area (Å²) < 4.78 is 5.64. The second-order valence-electron chi connectivity index (χ2n) is 3.95. The van der Waals surface area contributed by atoms with Crippen LogP contribution in [0.25, 0.3) is 0 Å². The highest BCUT2D eigenvalue weighted by molar-refractivity contribution is 6.30. The maximum Gasteiger partial charge on any atom is 0.212 e. The third-order valence-electron chi connectivity index (χ3n) is 2.37. The van der Waals surface area contributed by atoms with Gasteiger partial charge in [0.2, 0.25) is 5.82 Å². The fourth-order valence-electron chi connectivity index (χ4n) is 1.53. The van der Waals surface area contributed by atoms with Crippen LogP contribution in [0.5, 0.6) is 5.75 Å². The minimum atomic E-state index is -0.159. The topological polar surface area (TPSA) is 78.9 Å². The molecule has 0 aliphatic rings. The number of ether oxygens (including phenoxy) is 1. The van der Waals surface area contributed by atoms with Gasteiger partial charge >= 0.3 is 0 Å². The zero-order chi connectivity index (χ0) is 13.1. The smallest absolute Gasteiger partial charge is 0.212 e. The van der Waals surface area contributed by atoms with Crippen LogP contribution < -0.4 is 10.5 Å². The summed E-state index contributed by atoms with van der Waals surface area (Å²) in [5.41, 5.74) is 6.72. The molecule has 7 heteroatoms. The molecule has 0 saturated heterocycles. The third-order valence-corrected chi connectivity index (χ3v) is 2.60. The summed E-state index contributed by atoms with van der Waals surface area (Å²) in [6.07, 6.45) is 0. The van der Waals surface area contributed by atoms with Crippen LogP contribution in [0.1, 0.15) is 24.4 Å². The Morgan fingerprint density at radius 3 is 2.89 bits per heavy atom. The van der Waals surface area contributed by atoms with Crippen molar-refractivity contribution in [2.75, 3.05) is 0 Å². The van der Waals surface area contributed by atoms with Crippen LogP contribution >= 0.6 is 11.6 Å². The molecule has 1 aromatic carbocycles. The van der Waals surface area contributed by atoms with Gasteiger partial charge in [-0.3, -0.25) is 0 Å². The van der Waals surface area contributed by atoms with Crippen molar-refractivity contribution in [1.29, 1.82) is 0 Å². The van der Waals surface area contributed by atoms with E-state index in [0.717, 1.165) is 5.56 Å². The second kappa shape index (κ2) is 5.32. The zero-order valence-electron chi connectivity index (χ0n) is 10.2. The number of hydrogen-bond acceptors (Lipinski definition) is 5. The van der Waals surface area contributed by atoms with Crippen molar-refractivity contribution >= 4 is 11.6 Å². The molecular weight excluding hydrogens is 254 g/mol. The van der Waals surface area contributed by atoms with Crippen LogP contribution in [0.4, 0.5) is 0 Å². The first-order valence-corrected chi connectivity index (χ1v) is 5.85. The minimum Gasteiger partial charge on any atom is -0.485 e. The van der Waals surface area contributed by atoms with E-state index in [4.69, 9.17) is 22.1 Å². The number of benzene rings is 1. The van der Waals surface area contributed by atoms with Gasteiger partial charge in [0.15, 0.2) is 6.61 Å². The third kappa shape index (κ3) is 2.96. The van der Waals surface area contributed by atoms with Crippen molar-refractivity contribution in [2.24, 2.45) is 12.8 Å². The van der Waals surface area contributed by atoms with Crippen molar-refractivity contribution in [3.63, 3.8) is 0 Å². The predicted molar refractivity (Wildman–Crippen MR) is 67.2 cm³/mol. The minimum absolute atomic E-state index is 0.159. The lowest BCUT2D eigenvalue weighted by molar-refractivity contribution is 0.291. The Morgan fingerprint density at radius 1 is 1.50 bits per heavy atom. The Morgan fingerprint density at radius 2 is 2.28 bits per heavy atom. The van der Waals surface area contributed by atoms with Gasteiger partial charge in [0.25, 0.3) is 0 Å². The Kier molecular flexibility index (Phi) is 3.78. The van der Waals surface area contributed by atoms with Crippen LogP contribution in [0.3, 0.4) is 0 Å². The van der Waals surface area contributed by atoms with Gasteiger partial charge in [0.1, 0.15) is 5.75 Å². The number of halogens is 1. The highest BCUT2D eigenvalue weighted by atomic mass is 35.5. The van der Waals surface area contributed by atoms with Crippen LogP contribution in [-0.4, -0.2) is 20.2 Å².